The summed E-state index contributed by atoms with van der Waals surface area (Å²) >= 11 is 0. The molecule has 1 aromatic heterocycles. The molecule has 0 saturated heterocycles. The van der Waals surface area contributed by atoms with Crippen LogP contribution in [0.5, 0.6) is 0 Å². The Labute approximate surface area is 74.8 Å². The molecule has 0 fully saturated rings. The van der Waals surface area contributed by atoms with E-state index in [4.69, 9.17) is 10.8 Å². The van der Waals surface area contributed by atoms with Gasteiger partial charge in [0.15, 0.2) is 0 Å². The van der Waals surface area contributed by atoms with Crippen molar-refractivity contribution in [2.75, 3.05) is 6.61 Å². The molecule has 0 spiro atoms. The standard InChI is InChI=1S/C8H11FN2O2/c9-5-1-2-7(11-3-5)8(13)6(10)4-12/h1-3,6,8,12-13H,4,10H2/t6-,8-/m0/s1. The summed E-state index contributed by atoms with van der Waals surface area (Å²) < 4.78 is 12.4. The van der Waals surface area contributed by atoms with Crippen LogP contribution in [-0.2, 0) is 0 Å². The molecule has 72 valence electrons. The summed E-state index contributed by atoms with van der Waals surface area (Å²) in [5.74, 6) is -0.478. The highest BCUT2D eigenvalue weighted by Crippen LogP contribution is 2.12. The second kappa shape index (κ2) is 4.27. The van der Waals surface area contributed by atoms with E-state index in [9.17, 15) is 9.50 Å². The van der Waals surface area contributed by atoms with Crippen molar-refractivity contribution in [3.05, 3.63) is 29.8 Å². The third kappa shape index (κ3) is 2.45. The Morgan fingerprint density at radius 2 is 2.23 bits per heavy atom. The zero-order valence-corrected chi connectivity index (χ0v) is 6.89. The van der Waals surface area contributed by atoms with Crippen molar-refractivity contribution in [3.8, 4) is 0 Å². The molecule has 0 aliphatic heterocycles. The van der Waals surface area contributed by atoms with Gasteiger partial charge >= 0.3 is 0 Å². The van der Waals surface area contributed by atoms with Crippen molar-refractivity contribution < 1.29 is 14.6 Å². The zero-order valence-electron chi connectivity index (χ0n) is 6.89. The minimum atomic E-state index is -1.06. The lowest BCUT2D eigenvalue weighted by Crippen LogP contribution is -2.32. The van der Waals surface area contributed by atoms with Crippen molar-refractivity contribution in [1.82, 2.24) is 4.98 Å². The lowest BCUT2D eigenvalue weighted by molar-refractivity contribution is 0.106. The highest BCUT2D eigenvalue weighted by Gasteiger charge is 2.16. The lowest BCUT2D eigenvalue weighted by Gasteiger charge is -2.15. The van der Waals surface area contributed by atoms with E-state index in [0.29, 0.717) is 0 Å². The summed E-state index contributed by atoms with van der Waals surface area (Å²) in [4.78, 5) is 3.63. The van der Waals surface area contributed by atoms with E-state index in [1.54, 1.807) is 0 Å². The number of hydrogen-bond acceptors (Lipinski definition) is 4. The topological polar surface area (TPSA) is 79.4 Å². The fourth-order valence-corrected chi connectivity index (χ4v) is 0.881. The first-order valence-electron chi connectivity index (χ1n) is 3.81. The van der Waals surface area contributed by atoms with Crippen LogP contribution < -0.4 is 5.73 Å². The Balaban J connectivity index is 2.77. The van der Waals surface area contributed by atoms with Gasteiger partial charge < -0.3 is 15.9 Å². The molecule has 4 N–H and O–H groups in total. The van der Waals surface area contributed by atoms with Gasteiger partial charge in [0.1, 0.15) is 11.9 Å². The number of aliphatic hydroxyl groups excluding tert-OH is 2. The fourth-order valence-electron chi connectivity index (χ4n) is 0.881. The van der Waals surface area contributed by atoms with Crippen molar-refractivity contribution >= 4 is 0 Å². The molecule has 1 heterocycles. The Kier molecular flexibility index (Phi) is 3.30. The van der Waals surface area contributed by atoms with Crippen molar-refractivity contribution in [2.24, 2.45) is 5.73 Å². The first-order chi connectivity index (χ1) is 6.15. The molecule has 1 aromatic rings. The van der Waals surface area contributed by atoms with Gasteiger partial charge in [0.25, 0.3) is 0 Å². The predicted molar refractivity (Wildman–Crippen MR) is 44.2 cm³/mol. The van der Waals surface area contributed by atoms with E-state index in [2.05, 4.69) is 4.98 Å². The molecule has 0 unspecified atom stereocenters. The summed E-state index contributed by atoms with van der Waals surface area (Å²) in [5.41, 5.74) is 5.61. The zero-order chi connectivity index (χ0) is 9.84. The molecule has 0 aromatic carbocycles. The van der Waals surface area contributed by atoms with Crippen LogP contribution in [0.15, 0.2) is 18.3 Å². The van der Waals surface area contributed by atoms with Crippen LogP contribution in [-0.4, -0.2) is 27.8 Å². The molecule has 0 bridgehead atoms. The van der Waals surface area contributed by atoms with Crippen molar-refractivity contribution in [1.29, 1.82) is 0 Å². The van der Waals surface area contributed by atoms with Gasteiger partial charge in [-0.15, -0.1) is 0 Å². The monoisotopic (exact) mass is 186 g/mol. The van der Waals surface area contributed by atoms with E-state index in [1.807, 2.05) is 0 Å². The number of aromatic nitrogens is 1. The lowest BCUT2D eigenvalue weighted by atomic mass is 10.1. The average molecular weight is 186 g/mol. The molecule has 2 atom stereocenters. The van der Waals surface area contributed by atoms with Crippen LogP contribution in [0.3, 0.4) is 0 Å². The Hall–Kier alpha value is -1.04. The number of nitrogens with two attached hydrogens (primary N) is 1. The molecule has 13 heavy (non-hydrogen) atoms. The average Bonchev–Trinajstić information content (AvgIpc) is 2.17. The van der Waals surface area contributed by atoms with Crippen molar-refractivity contribution in [2.45, 2.75) is 12.1 Å². The molecule has 0 amide bonds. The van der Waals surface area contributed by atoms with Crippen LogP contribution >= 0.6 is 0 Å². The van der Waals surface area contributed by atoms with Crippen LogP contribution in [0.25, 0.3) is 0 Å². The molecular formula is C8H11FN2O2. The normalized spacial score (nSPS) is 15.4. The number of hydrogen-bond donors (Lipinski definition) is 3. The highest BCUT2D eigenvalue weighted by atomic mass is 19.1. The summed E-state index contributed by atoms with van der Waals surface area (Å²) in [6.45, 7) is -0.347. The van der Waals surface area contributed by atoms with E-state index in [-0.39, 0.29) is 12.3 Å². The van der Waals surface area contributed by atoms with Crippen LogP contribution in [0, 0.1) is 5.82 Å². The molecular weight excluding hydrogens is 175 g/mol. The maximum absolute atomic E-state index is 12.4. The van der Waals surface area contributed by atoms with Gasteiger partial charge in [-0.2, -0.15) is 0 Å². The van der Waals surface area contributed by atoms with Gasteiger partial charge in [0.2, 0.25) is 0 Å². The van der Waals surface area contributed by atoms with Crippen molar-refractivity contribution in [3.63, 3.8) is 0 Å². The molecule has 0 aliphatic rings. The molecule has 0 aliphatic carbocycles. The second-order valence-corrected chi connectivity index (χ2v) is 2.69. The van der Waals surface area contributed by atoms with Gasteiger partial charge in [-0.25, -0.2) is 4.39 Å². The van der Waals surface area contributed by atoms with E-state index >= 15 is 0 Å². The molecule has 5 heteroatoms. The summed E-state index contributed by atoms with van der Waals surface area (Å²) in [7, 11) is 0. The number of pyridine rings is 1. The summed E-state index contributed by atoms with van der Waals surface area (Å²) in [5, 5.41) is 18.0. The molecule has 0 saturated carbocycles. The largest absolute Gasteiger partial charge is 0.395 e. The molecule has 0 radical (unpaired) electrons. The smallest absolute Gasteiger partial charge is 0.141 e. The SMILES string of the molecule is N[C@@H](CO)[C@H](O)c1ccc(F)cn1. The van der Waals surface area contributed by atoms with Gasteiger partial charge in [0.05, 0.1) is 24.5 Å². The number of aliphatic hydroxyl groups is 2. The van der Waals surface area contributed by atoms with Gasteiger partial charge in [-0.3, -0.25) is 4.98 Å². The quantitative estimate of drug-likeness (QED) is 0.598. The Bertz CT molecular complexity index is 265. The first kappa shape index (κ1) is 10.0. The summed E-state index contributed by atoms with van der Waals surface area (Å²) in [6.07, 6.45) is -0.0755. The van der Waals surface area contributed by atoms with E-state index in [0.717, 1.165) is 6.20 Å². The first-order valence-corrected chi connectivity index (χ1v) is 3.81. The third-order valence-electron chi connectivity index (χ3n) is 1.67. The van der Waals surface area contributed by atoms with Crippen LogP contribution in [0.1, 0.15) is 11.8 Å². The van der Waals surface area contributed by atoms with Crippen LogP contribution in [0.2, 0.25) is 0 Å². The number of nitrogens with zero attached hydrogens (tertiary/aromatic N) is 1. The van der Waals surface area contributed by atoms with Gasteiger partial charge in [0, 0.05) is 0 Å². The predicted octanol–water partition coefficient (Wildman–Crippen LogP) is -0.426. The van der Waals surface area contributed by atoms with E-state index < -0.39 is 18.0 Å². The van der Waals surface area contributed by atoms with E-state index in [1.165, 1.54) is 12.1 Å². The van der Waals surface area contributed by atoms with Gasteiger partial charge in [-0.1, -0.05) is 0 Å². The number of rotatable bonds is 3. The minimum Gasteiger partial charge on any atom is -0.395 e. The third-order valence-corrected chi connectivity index (χ3v) is 1.67. The number of halogens is 1. The fraction of sp³-hybridized carbons (Fsp3) is 0.375. The Morgan fingerprint density at radius 1 is 1.54 bits per heavy atom. The second-order valence-electron chi connectivity index (χ2n) is 2.69. The molecule has 1 rings (SSSR count). The molecule has 4 nitrogen and oxygen atoms in total. The minimum absolute atomic E-state index is 0.253. The summed E-state index contributed by atoms with van der Waals surface area (Å²) in [6, 6.07) is 1.71. The maximum atomic E-state index is 12.4. The van der Waals surface area contributed by atoms with Crippen LogP contribution in [0.4, 0.5) is 4.39 Å². The highest BCUT2D eigenvalue weighted by molar-refractivity contribution is 5.09. The Morgan fingerprint density at radius 3 is 2.69 bits per heavy atom. The maximum Gasteiger partial charge on any atom is 0.141 e. The van der Waals surface area contributed by atoms with Gasteiger partial charge in [-0.05, 0) is 12.1 Å².